The number of hydrogen-bond acceptors (Lipinski definition) is 5. The van der Waals surface area contributed by atoms with E-state index in [9.17, 15) is 19.8 Å². The zero-order chi connectivity index (χ0) is 13.8. The van der Waals surface area contributed by atoms with Gasteiger partial charge in [0.2, 0.25) is 11.8 Å². The van der Waals surface area contributed by atoms with Crippen LogP contribution in [0, 0.1) is 0 Å². The summed E-state index contributed by atoms with van der Waals surface area (Å²) in [5, 5.41) is 19.0. The number of rotatable bonds is 1. The van der Waals surface area contributed by atoms with Crippen LogP contribution in [0.2, 0.25) is 0 Å². The lowest BCUT2D eigenvalue weighted by molar-refractivity contribution is -0.143. The van der Waals surface area contributed by atoms with Gasteiger partial charge in [0, 0.05) is 25.3 Å². The van der Waals surface area contributed by atoms with E-state index in [1.54, 1.807) is 16.7 Å². The number of carbonyl (C=O) groups is 2. The average molecular weight is 286 g/mol. The van der Waals surface area contributed by atoms with E-state index in [2.05, 4.69) is 0 Å². The number of carbonyl (C=O) groups excluding carboxylic acids is 2. The number of hydrogen-bond donors (Lipinski definition) is 2. The van der Waals surface area contributed by atoms with Crippen LogP contribution in [-0.4, -0.2) is 73.8 Å². The minimum Gasteiger partial charge on any atom is -0.388 e. The van der Waals surface area contributed by atoms with Crippen LogP contribution in [0.15, 0.2) is 0 Å². The van der Waals surface area contributed by atoms with E-state index in [0.29, 0.717) is 12.2 Å². The molecule has 3 fully saturated rings. The summed E-state index contributed by atoms with van der Waals surface area (Å²) in [4.78, 5) is 27.3. The second-order valence-corrected chi connectivity index (χ2v) is 7.14. The summed E-state index contributed by atoms with van der Waals surface area (Å²) < 4.78 is 0. The van der Waals surface area contributed by atoms with Crippen molar-refractivity contribution < 1.29 is 19.8 Å². The molecule has 3 heterocycles. The Hall–Kier alpha value is -0.790. The summed E-state index contributed by atoms with van der Waals surface area (Å²) in [6.45, 7) is 2.31. The predicted molar refractivity (Wildman–Crippen MR) is 69.3 cm³/mol. The Labute approximate surface area is 115 Å². The second-order valence-electron chi connectivity index (χ2n) is 5.64. The molecule has 2 amide bonds. The lowest BCUT2D eigenvalue weighted by Gasteiger charge is -2.31. The molecule has 3 saturated heterocycles. The molecule has 4 unspecified atom stereocenters. The normalized spacial score (nSPS) is 42.1. The average Bonchev–Trinajstić information content (AvgIpc) is 2.96. The smallest absolute Gasteiger partial charge is 0.246 e. The highest BCUT2D eigenvalue weighted by Crippen LogP contribution is 2.47. The van der Waals surface area contributed by atoms with E-state index >= 15 is 0 Å². The summed E-state index contributed by atoms with van der Waals surface area (Å²) in [6, 6.07) is -0.442. The van der Waals surface area contributed by atoms with Gasteiger partial charge in [-0.1, -0.05) is 0 Å². The van der Waals surface area contributed by atoms with Gasteiger partial charge in [0.15, 0.2) is 0 Å². The summed E-state index contributed by atoms with van der Waals surface area (Å²) in [5.74, 6) is 0.484. The first-order chi connectivity index (χ1) is 8.92. The Morgan fingerprint density at radius 2 is 2.00 bits per heavy atom. The first-order valence-electron chi connectivity index (χ1n) is 6.53. The number of thioether (sulfide) groups is 1. The van der Waals surface area contributed by atoms with Crippen molar-refractivity contribution >= 4 is 23.6 Å². The summed E-state index contributed by atoms with van der Waals surface area (Å²) >= 11 is 1.65. The van der Waals surface area contributed by atoms with Crippen LogP contribution in [0.4, 0.5) is 0 Å². The number of nitrogens with zero attached hydrogens (tertiary/aromatic N) is 2. The monoisotopic (exact) mass is 286 g/mol. The third-order valence-electron chi connectivity index (χ3n) is 4.30. The van der Waals surface area contributed by atoms with Crippen molar-refractivity contribution in [1.29, 1.82) is 0 Å². The number of aliphatic hydroxyl groups excluding tert-OH is 2. The highest BCUT2D eigenvalue weighted by Gasteiger charge is 2.54. The quantitative estimate of drug-likeness (QED) is 0.646. The third kappa shape index (κ3) is 1.95. The van der Waals surface area contributed by atoms with E-state index in [1.165, 1.54) is 4.90 Å². The topological polar surface area (TPSA) is 81.1 Å². The van der Waals surface area contributed by atoms with Gasteiger partial charge in [-0.2, -0.15) is 0 Å². The van der Waals surface area contributed by atoms with Crippen molar-refractivity contribution in [1.82, 2.24) is 9.80 Å². The molecule has 0 aliphatic carbocycles. The molecule has 0 aromatic carbocycles. The molecular formula is C12H18N2O4S. The molecule has 3 aliphatic rings. The number of fused-ring (bicyclic) bond motifs is 1. The Bertz CT molecular complexity index is 422. The Balaban J connectivity index is 1.76. The van der Waals surface area contributed by atoms with Crippen molar-refractivity contribution in [3.63, 3.8) is 0 Å². The van der Waals surface area contributed by atoms with Crippen LogP contribution in [0.3, 0.4) is 0 Å². The summed E-state index contributed by atoms with van der Waals surface area (Å²) in [7, 11) is 0. The van der Waals surface area contributed by atoms with E-state index in [1.807, 2.05) is 6.92 Å². The molecule has 0 saturated carbocycles. The van der Waals surface area contributed by atoms with Crippen molar-refractivity contribution in [2.45, 2.75) is 42.9 Å². The van der Waals surface area contributed by atoms with Gasteiger partial charge < -0.3 is 20.0 Å². The Kier molecular flexibility index (Phi) is 3.03. The fourth-order valence-corrected chi connectivity index (χ4v) is 4.59. The van der Waals surface area contributed by atoms with Crippen LogP contribution in [-0.2, 0) is 9.59 Å². The molecular weight excluding hydrogens is 268 g/mol. The van der Waals surface area contributed by atoms with E-state index in [-0.39, 0.29) is 29.8 Å². The maximum Gasteiger partial charge on any atom is 0.246 e. The Morgan fingerprint density at radius 1 is 1.37 bits per heavy atom. The van der Waals surface area contributed by atoms with Crippen LogP contribution in [0.25, 0.3) is 0 Å². The van der Waals surface area contributed by atoms with Crippen LogP contribution < -0.4 is 0 Å². The lowest BCUT2D eigenvalue weighted by atomic mass is 10.2. The molecule has 0 aromatic rings. The van der Waals surface area contributed by atoms with Gasteiger partial charge in [-0.05, 0) is 13.3 Å². The van der Waals surface area contributed by atoms with Gasteiger partial charge in [-0.15, -0.1) is 11.8 Å². The van der Waals surface area contributed by atoms with E-state index in [4.69, 9.17) is 0 Å². The molecule has 0 bridgehead atoms. The highest BCUT2D eigenvalue weighted by atomic mass is 32.2. The lowest BCUT2D eigenvalue weighted by Crippen LogP contribution is -2.51. The molecule has 2 N–H and O–H groups in total. The van der Waals surface area contributed by atoms with Gasteiger partial charge in [-0.25, -0.2) is 0 Å². The third-order valence-corrected chi connectivity index (χ3v) is 5.81. The minimum atomic E-state index is -0.876. The summed E-state index contributed by atoms with van der Waals surface area (Å²) in [5.41, 5.74) is 0. The minimum absolute atomic E-state index is 0.0335. The molecule has 0 radical (unpaired) electrons. The molecule has 106 valence electrons. The van der Waals surface area contributed by atoms with Crippen LogP contribution in [0.5, 0.6) is 0 Å². The van der Waals surface area contributed by atoms with E-state index < -0.39 is 18.2 Å². The molecule has 19 heavy (non-hydrogen) atoms. The van der Waals surface area contributed by atoms with Crippen molar-refractivity contribution in [3.8, 4) is 0 Å². The van der Waals surface area contributed by atoms with Gasteiger partial charge in [-0.3, -0.25) is 9.59 Å². The predicted octanol–water partition coefficient (Wildman–Crippen LogP) is -0.996. The molecule has 0 spiro atoms. The zero-order valence-corrected chi connectivity index (χ0v) is 11.6. The zero-order valence-electron chi connectivity index (χ0n) is 10.8. The molecule has 7 heteroatoms. The van der Waals surface area contributed by atoms with Crippen molar-refractivity contribution in [3.05, 3.63) is 0 Å². The maximum atomic E-state index is 12.5. The molecule has 0 aromatic heterocycles. The number of aliphatic hydroxyl groups is 2. The van der Waals surface area contributed by atoms with Crippen LogP contribution in [0.1, 0.15) is 19.8 Å². The largest absolute Gasteiger partial charge is 0.388 e. The Morgan fingerprint density at radius 3 is 2.63 bits per heavy atom. The molecule has 3 aliphatic heterocycles. The highest BCUT2D eigenvalue weighted by molar-refractivity contribution is 8.01. The van der Waals surface area contributed by atoms with Gasteiger partial charge in [0.05, 0.1) is 17.1 Å². The SMILES string of the molecule is CC12CCC(=O)N1C(C(=O)N1CC(O)C(O)C1)CS2. The number of amides is 2. The first kappa shape index (κ1) is 13.2. The molecule has 4 atom stereocenters. The number of likely N-dealkylation sites (tertiary alicyclic amines) is 1. The summed E-state index contributed by atoms with van der Waals surface area (Å²) in [6.07, 6.45) is -0.471. The van der Waals surface area contributed by atoms with Crippen molar-refractivity contribution in [2.75, 3.05) is 18.8 Å². The van der Waals surface area contributed by atoms with Crippen molar-refractivity contribution in [2.24, 2.45) is 0 Å². The van der Waals surface area contributed by atoms with Crippen LogP contribution >= 0.6 is 11.8 Å². The van der Waals surface area contributed by atoms with Gasteiger partial charge in [0.1, 0.15) is 6.04 Å². The second kappa shape index (κ2) is 4.36. The standard InChI is InChI=1S/C12H18N2O4S/c1-12-3-2-10(17)14(12)7(6-19-12)11(18)13-4-8(15)9(16)5-13/h7-9,15-16H,2-6H2,1H3. The molecule has 6 nitrogen and oxygen atoms in total. The fraction of sp³-hybridized carbons (Fsp3) is 0.833. The molecule has 3 rings (SSSR count). The first-order valence-corrected chi connectivity index (χ1v) is 7.52. The van der Waals surface area contributed by atoms with Gasteiger partial charge in [0.25, 0.3) is 0 Å². The van der Waals surface area contributed by atoms with E-state index in [0.717, 1.165) is 6.42 Å². The fourth-order valence-electron chi connectivity index (χ4n) is 3.16. The number of β-amino-alcohol motifs (C(OH)–C–C–N with tert-alkyl or cyclic N) is 2. The van der Waals surface area contributed by atoms with Gasteiger partial charge >= 0.3 is 0 Å². The maximum absolute atomic E-state index is 12.5.